The molecule has 0 radical (unpaired) electrons. The lowest BCUT2D eigenvalue weighted by molar-refractivity contribution is 0.0788. The smallest absolute Gasteiger partial charge is 0.253 e. The second-order valence-electron chi connectivity index (χ2n) is 7.13. The van der Waals surface area contributed by atoms with Crippen molar-refractivity contribution in [3.05, 3.63) is 72.1 Å². The summed E-state index contributed by atoms with van der Waals surface area (Å²) in [4.78, 5) is 16.0. The fraction of sp³-hybridized carbons (Fsp3) is 0.333. The number of rotatable bonds is 7. The van der Waals surface area contributed by atoms with Gasteiger partial charge in [-0.1, -0.05) is 30.3 Å². The van der Waals surface area contributed by atoms with Gasteiger partial charge in [-0.05, 0) is 41.5 Å². The maximum atomic E-state index is 12.8. The Balaban J connectivity index is 1.29. The van der Waals surface area contributed by atoms with E-state index in [9.17, 15) is 9.90 Å². The van der Waals surface area contributed by atoms with Gasteiger partial charge in [-0.25, -0.2) is 0 Å². The number of likely N-dealkylation sites (tertiary alicyclic amines) is 1. The van der Waals surface area contributed by atoms with E-state index in [1.54, 1.807) is 24.3 Å². The first-order valence-electron chi connectivity index (χ1n) is 9.65. The molecule has 29 heavy (non-hydrogen) atoms. The summed E-state index contributed by atoms with van der Waals surface area (Å²) in [6.45, 7) is 1.80. The average Bonchev–Trinajstić information content (AvgIpc) is 3.45. The summed E-state index contributed by atoms with van der Waals surface area (Å²) in [5, 5.41) is 21.1. The molecule has 1 amide bonds. The molecule has 1 unspecified atom stereocenters. The molecule has 2 atom stereocenters. The van der Waals surface area contributed by atoms with Crippen LogP contribution in [-0.4, -0.2) is 61.9 Å². The van der Waals surface area contributed by atoms with E-state index >= 15 is 0 Å². The van der Waals surface area contributed by atoms with Gasteiger partial charge in [0.15, 0.2) is 6.33 Å². The van der Waals surface area contributed by atoms with Crippen LogP contribution in [0, 0.1) is 0 Å². The summed E-state index contributed by atoms with van der Waals surface area (Å²) in [6, 6.07) is 17.4. The molecule has 0 aliphatic carbocycles. The summed E-state index contributed by atoms with van der Waals surface area (Å²) in [5.41, 5.74) is 1.92. The van der Waals surface area contributed by atoms with E-state index in [1.165, 1.54) is 16.7 Å². The van der Waals surface area contributed by atoms with Gasteiger partial charge in [-0.2, -0.15) is 4.80 Å². The first-order chi connectivity index (χ1) is 14.2. The standard InChI is InChI=1S/C21H23N5O3/c27-19(13-26-23-15-22-24-26)14-29-20-8-6-17(7-9-20)21(28)25-11-10-18(12-25)16-4-2-1-3-5-16/h1-9,15,18-19,27H,10-14H2/t18?,19-/m1/s1. The van der Waals surface area contributed by atoms with Gasteiger partial charge in [0, 0.05) is 24.6 Å². The largest absolute Gasteiger partial charge is 0.491 e. The molecule has 1 N–H and O–H groups in total. The number of aliphatic hydroxyl groups excluding tert-OH is 1. The van der Waals surface area contributed by atoms with E-state index in [0.29, 0.717) is 17.2 Å². The molecule has 150 valence electrons. The lowest BCUT2D eigenvalue weighted by Crippen LogP contribution is -2.28. The minimum atomic E-state index is -0.759. The van der Waals surface area contributed by atoms with Gasteiger partial charge < -0.3 is 14.7 Å². The van der Waals surface area contributed by atoms with Crippen molar-refractivity contribution in [2.24, 2.45) is 0 Å². The van der Waals surface area contributed by atoms with E-state index in [0.717, 1.165) is 19.5 Å². The molecule has 2 aromatic carbocycles. The Morgan fingerprint density at radius 3 is 2.69 bits per heavy atom. The molecule has 1 fully saturated rings. The molecule has 1 aliphatic heterocycles. The monoisotopic (exact) mass is 393 g/mol. The van der Waals surface area contributed by atoms with Crippen molar-refractivity contribution >= 4 is 5.91 Å². The molecular weight excluding hydrogens is 370 g/mol. The fourth-order valence-electron chi connectivity index (χ4n) is 3.52. The molecule has 3 aromatic rings. The lowest BCUT2D eigenvalue weighted by Gasteiger charge is -2.17. The van der Waals surface area contributed by atoms with Crippen LogP contribution in [0.15, 0.2) is 60.9 Å². The second kappa shape index (κ2) is 8.83. The van der Waals surface area contributed by atoms with Crippen LogP contribution in [0.25, 0.3) is 0 Å². The number of hydrogen-bond acceptors (Lipinski definition) is 6. The normalized spacial score (nSPS) is 17.3. The molecule has 1 saturated heterocycles. The quantitative estimate of drug-likeness (QED) is 0.657. The Morgan fingerprint density at radius 2 is 1.97 bits per heavy atom. The number of hydrogen-bond donors (Lipinski definition) is 1. The number of ether oxygens (including phenoxy) is 1. The van der Waals surface area contributed by atoms with Gasteiger partial charge in [0.2, 0.25) is 0 Å². The van der Waals surface area contributed by atoms with Crippen molar-refractivity contribution in [3.8, 4) is 5.75 Å². The zero-order valence-electron chi connectivity index (χ0n) is 16.0. The van der Waals surface area contributed by atoms with Crippen molar-refractivity contribution in [3.63, 3.8) is 0 Å². The van der Waals surface area contributed by atoms with Crippen molar-refractivity contribution in [2.75, 3.05) is 19.7 Å². The molecule has 4 rings (SSSR count). The molecular formula is C21H23N5O3. The van der Waals surface area contributed by atoms with Crippen LogP contribution in [0.3, 0.4) is 0 Å². The average molecular weight is 393 g/mol. The third-order valence-electron chi connectivity index (χ3n) is 5.06. The van der Waals surface area contributed by atoms with E-state index in [-0.39, 0.29) is 19.1 Å². The van der Waals surface area contributed by atoms with E-state index < -0.39 is 6.10 Å². The summed E-state index contributed by atoms with van der Waals surface area (Å²) in [5.74, 6) is 1.02. The molecule has 0 spiro atoms. The number of benzene rings is 2. The summed E-state index contributed by atoms with van der Waals surface area (Å²) < 4.78 is 5.59. The van der Waals surface area contributed by atoms with Crippen molar-refractivity contribution in [1.82, 2.24) is 25.1 Å². The first-order valence-corrected chi connectivity index (χ1v) is 9.65. The van der Waals surface area contributed by atoms with Crippen LogP contribution >= 0.6 is 0 Å². The second-order valence-corrected chi connectivity index (χ2v) is 7.13. The number of aromatic nitrogens is 4. The third kappa shape index (κ3) is 4.78. The maximum absolute atomic E-state index is 12.8. The number of tetrazole rings is 1. The predicted octanol–water partition coefficient (Wildman–Crippen LogP) is 1.74. The molecule has 1 aliphatic rings. The number of amides is 1. The molecule has 1 aromatic heterocycles. The highest BCUT2D eigenvalue weighted by Crippen LogP contribution is 2.28. The molecule has 0 saturated carbocycles. The van der Waals surface area contributed by atoms with Crippen LogP contribution < -0.4 is 4.74 Å². The number of carbonyl (C=O) groups excluding carboxylic acids is 1. The van der Waals surface area contributed by atoms with Crippen LogP contribution in [0.2, 0.25) is 0 Å². The topological polar surface area (TPSA) is 93.4 Å². The van der Waals surface area contributed by atoms with Crippen LogP contribution in [0.5, 0.6) is 5.75 Å². The van der Waals surface area contributed by atoms with Crippen LogP contribution in [0.4, 0.5) is 0 Å². The van der Waals surface area contributed by atoms with Crippen molar-refractivity contribution in [1.29, 1.82) is 0 Å². The van der Waals surface area contributed by atoms with Crippen molar-refractivity contribution < 1.29 is 14.6 Å². The van der Waals surface area contributed by atoms with Gasteiger partial charge in [-0.3, -0.25) is 4.79 Å². The van der Waals surface area contributed by atoms with Crippen molar-refractivity contribution in [2.45, 2.75) is 25.0 Å². The first kappa shape index (κ1) is 19.1. The Bertz CT molecular complexity index is 915. The molecule has 8 nitrogen and oxygen atoms in total. The Kier molecular flexibility index (Phi) is 5.81. The van der Waals surface area contributed by atoms with Gasteiger partial charge in [0.05, 0.1) is 6.54 Å². The van der Waals surface area contributed by atoms with Crippen LogP contribution in [-0.2, 0) is 6.54 Å². The highest BCUT2D eigenvalue weighted by molar-refractivity contribution is 5.94. The maximum Gasteiger partial charge on any atom is 0.253 e. The van der Waals surface area contributed by atoms with E-state index in [1.807, 2.05) is 23.1 Å². The summed E-state index contributed by atoms with van der Waals surface area (Å²) >= 11 is 0. The van der Waals surface area contributed by atoms with E-state index in [2.05, 4.69) is 27.5 Å². The zero-order chi connectivity index (χ0) is 20.1. The fourth-order valence-corrected chi connectivity index (χ4v) is 3.52. The number of aliphatic hydroxyl groups is 1. The third-order valence-corrected chi connectivity index (χ3v) is 5.06. The van der Waals surface area contributed by atoms with Gasteiger partial charge in [0.1, 0.15) is 18.5 Å². The summed E-state index contributed by atoms with van der Waals surface area (Å²) in [7, 11) is 0. The lowest BCUT2D eigenvalue weighted by atomic mass is 9.99. The Labute approximate surface area is 168 Å². The van der Waals surface area contributed by atoms with Gasteiger partial charge in [0.25, 0.3) is 5.91 Å². The minimum Gasteiger partial charge on any atom is -0.491 e. The molecule has 8 heteroatoms. The SMILES string of the molecule is O=C(c1ccc(OC[C@H](O)Cn2ncnn2)cc1)N1CCC(c2ccccc2)C1. The van der Waals surface area contributed by atoms with Gasteiger partial charge >= 0.3 is 0 Å². The Hall–Kier alpha value is -3.26. The minimum absolute atomic E-state index is 0.0345. The molecule has 2 heterocycles. The predicted molar refractivity (Wildman–Crippen MR) is 105 cm³/mol. The van der Waals surface area contributed by atoms with Crippen LogP contribution in [0.1, 0.15) is 28.3 Å². The zero-order valence-corrected chi connectivity index (χ0v) is 16.0. The number of carbonyl (C=O) groups is 1. The van der Waals surface area contributed by atoms with Gasteiger partial charge in [-0.15, -0.1) is 10.2 Å². The highest BCUT2D eigenvalue weighted by Gasteiger charge is 2.27. The number of nitrogens with zero attached hydrogens (tertiary/aromatic N) is 5. The summed E-state index contributed by atoms with van der Waals surface area (Å²) in [6.07, 6.45) is 1.53. The van der Waals surface area contributed by atoms with E-state index in [4.69, 9.17) is 4.74 Å². The highest BCUT2D eigenvalue weighted by atomic mass is 16.5. The Morgan fingerprint density at radius 1 is 1.17 bits per heavy atom. The molecule has 0 bridgehead atoms.